The third kappa shape index (κ3) is 2.35. The summed E-state index contributed by atoms with van der Waals surface area (Å²) in [5, 5.41) is 0. The van der Waals surface area contributed by atoms with Crippen LogP contribution in [0.3, 0.4) is 0 Å². The first-order valence-corrected chi connectivity index (χ1v) is 7.19. The Kier molecular flexibility index (Phi) is 3.56. The van der Waals surface area contributed by atoms with E-state index < -0.39 is 0 Å². The van der Waals surface area contributed by atoms with Crippen LogP contribution in [0.4, 0.5) is 10.6 Å². The van der Waals surface area contributed by atoms with Gasteiger partial charge in [-0.1, -0.05) is 0 Å². The van der Waals surface area contributed by atoms with Crippen molar-refractivity contribution in [1.82, 2.24) is 14.9 Å². The number of aromatic nitrogens is 2. The Balaban J connectivity index is 1.85. The van der Waals surface area contributed by atoms with E-state index in [-0.39, 0.29) is 6.09 Å². The molecule has 2 fully saturated rings. The lowest BCUT2D eigenvalue weighted by Gasteiger charge is -2.28. The summed E-state index contributed by atoms with van der Waals surface area (Å²) in [6.07, 6.45) is 5.39. The number of rotatable bonds is 3. The molecule has 1 aromatic heterocycles. The molecular formula is C14H20N4O2. The van der Waals surface area contributed by atoms with E-state index >= 15 is 0 Å². The molecule has 0 aromatic carbocycles. The Hall–Kier alpha value is -1.69. The number of cyclic esters (lactones) is 1. The molecule has 2 aliphatic rings. The van der Waals surface area contributed by atoms with Crippen molar-refractivity contribution in [3.8, 4) is 0 Å². The molecule has 0 bridgehead atoms. The second-order valence-electron chi connectivity index (χ2n) is 5.56. The van der Waals surface area contributed by atoms with Gasteiger partial charge in [-0.15, -0.1) is 0 Å². The Morgan fingerprint density at radius 1 is 1.35 bits per heavy atom. The average Bonchev–Trinajstić information content (AvgIpc) is 3.07. The summed E-state index contributed by atoms with van der Waals surface area (Å²) in [6, 6.07) is 0.797. The Labute approximate surface area is 118 Å². The molecule has 1 aromatic rings. The van der Waals surface area contributed by atoms with Crippen molar-refractivity contribution in [2.24, 2.45) is 0 Å². The minimum absolute atomic E-state index is 0.307. The van der Waals surface area contributed by atoms with E-state index in [1.54, 1.807) is 11.1 Å². The van der Waals surface area contributed by atoms with Gasteiger partial charge >= 0.3 is 6.09 Å². The molecule has 6 nitrogen and oxygen atoms in total. The number of hydrogen-bond donors (Lipinski definition) is 0. The minimum Gasteiger partial charge on any atom is -0.447 e. The number of likely N-dealkylation sites (tertiary alicyclic amines) is 1. The highest BCUT2D eigenvalue weighted by Crippen LogP contribution is 2.32. The number of ether oxygens (including phenoxy) is 1. The van der Waals surface area contributed by atoms with Gasteiger partial charge < -0.3 is 4.74 Å². The zero-order valence-corrected chi connectivity index (χ0v) is 12.0. The summed E-state index contributed by atoms with van der Waals surface area (Å²) >= 11 is 0. The van der Waals surface area contributed by atoms with Crippen molar-refractivity contribution in [3.05, 3.63) is 18.1 Å². The normalized spacial score (nSPS) is 23.6. The van der Waals surface area contributed by atoms with E-state index in [9.17, 15) is 4.79 Å². The first-order valence-electron chi connectivity index (χ1n) is 7.19. The number of amides is 1. The van der Waals surface area contributed by atoms with Gasteiger partial charge in [-0.3, -0.25) is 14.8 Å². The van der Waals surface area contributed by atoms with Crippen molar-refractivity contribution in [1.29, 1.82) is 0 Å². The van der Waals surface area contributed by atoms with Crippen LogP contribution in [0.25, 0.3) is 0 Å². The third-order valence-electron chi connectivity index (χ3n) is 3.98. The number of carbonyl (C=O) groups is 1. The summed E-state index contributed by atoms with van der Waals surface area (Å²) in [5.41, 5.74) is 0.952. The molecule has 0 saturated carbocycles. The van der Waals surface area contributed by atoms with E-state index in [1.165, 1.54) is 6.42 Å². The molecule has 0 aliphatic carbocycles. The third-order valence-corrected chi connectivity index (χ3v) is 3.98. The van der Waals surface area contributed by atoms with Gasteiger partial charge in [0.1, 0.15) is 6.61 Å². The SMILES string of the molecule is CC(C)N1CCC[C@@H]1c1cncc(N2CCOC2=O)n1. The van der Waals surface area contributed by atoms with Gasteiger partial charge in [0.2, 0.25) is 0 Å². The Morgan fingerprint density at radius 2 is 2.20 bits per heavy atom. The van der Waals surface area contributed by atoms with Gasteiger partial charge in [-0.2, -0.15) is 0 Å². The lowest BCUT2D eigenvalue weighted by molar-refractivity contribution is 0.181. The predicted octanol–water partition coefficient (Wildman–Crippen LogP) is 1.98. The highest BCUT2D eigenvalue weighted by atomic mass is 16.6. The van der Waals surface area contributed by atoms with E-state index in [2.05, 4.69) is 28.7 Å². The molecule has 0 spiro atoms. The molecular weight excluding hydrogens is 256 g/mol. The molecule has 0 N–H and O–H groups in total. The second-order valence-corrected chi connectivity index (χ2v) is 5.56. The van der Waals surface area contributed by atoms with Gasteiger partial charge in [0.15, 0.2) is 5.82 Å². The van der Waals surface area contributed by atoms with Gasteiger partial charge in [0.25, 0.3) is 0 Å². The quantitative estimate of drug-likeness (QED) is 0.845. The van der Waals surface area contributed by atoms with Crippen molar-refractivity contribution in [2.45, 2.75) is 38.8 Å². The maximum Gasteiger partial charge on any atom is 0.415 e. The standard InChI is InChI=1S/C14H20N4O2/c1-10(2)17-5-3-4-12(17)11-8-15-9-13(16-11)18-6-7-20-14(18)19/h8-10,12H,3-7H2,1-2H3/t12-/m1/s1. The predicted molar refractivity (Wildman–Crippen MR) is 74.5 cm³/mol. The first kappa shape index (κ1) is 13.3. The average molecular weight is 276 g/mol. The monoisotopic (exact) mass is 276 g/mol. The molecule has 108 valence electrons. The van der Waals surface area contributed by atoms with E-state index in [1.807, 2.05) is 6.20 Å². The molecule has 2 aliphatic heterocycles. The van der Waals surface area contributed by atoms with Crippen molar-refractivity contribution >= 4 is 11.9 Å². The highest BCUT2D eigenvalue weighted by molar-refractivity contribution is 5.87. The van der Waals surface area contributed by atoms with E-state index in [0.717, 1.165) is 18.7 Å². The molecule has 6 heteroatoms. The summed E-state index contributed by atoms with van der Waals surface area (Å²) < 4.78 is 4.95. The smallest absolute Gasteiger partial charge is 0.415 e. The van der Waals surface area contributed by atoms with Crippen molar-refractivity contribution in [2.75, 3.05) is 24.6 Å². The summed E-state index contributed by atoms with van der Waals surface area (Å²) in [6.45, 7) is 6.47. The second kappa shape index (κ2) is 5.36. The maximum atomic E-state index is 11.6. The summed E-state index contributed by atoms with van der Waals surface area (Å²) in [7, 11) is 0. The number of anilines is 1. The van der Waals surface area contributed by atoms with Crippen LogP contribution >= 0.6 is 0 Å². The van der Waals surface area contributed by atoms with Crippen LogP contribution in [0.15, 0.2) is 12.4 Å². The van der Waals surface area contributed by atoms with Crippen LogP contribution in [-0.2, 0) is 4.74 Å². The Bertz CT molecular complexity index is 506. The molecule has 3 rings (SSSR count). The molecule has 2 saturated heterocycles. The van der Waals surface area contributed by atoms with Gasteiger partial charge in [0.05, 0.1) is 30.7 Å². The molecule has 20 heavy (non-hydrogen) atoms. The fraction of sp³-hybridized carbons (Fsp3) is 0.643. The lowest BCUT2D eigenvalue weighted by atomic mass is 10.1. The zero-order chi connectivity index (χ0) is 14.1. The fourth-order valence-corrected chi connectivity index (χ4v) is 2.99. The van der Waals surface area contributed by atoms with Crippen LogP contribution in [0.1, 0.15) is 38.4 Å². The lowest BCUT2D eigenvalue weighted by Crippen LogP contribution is -2.31. The largest absolute Gasteiger partial charge is 0.447 e. The van der Waals surface area contributed by atoms with Crippen LogP contribution in [0, 0.1) is 0 Å². The van der Waals surface area contributed by atoms with Crippen LogP contribution in [0.5, 0.6) is 0 Å². The van der Waals surface area contributed by atoms with Crippen LogP contribution in [0.2, 0.25) is 0 Å². The van der Waals surface area contributed by atoms with Gasteiger partial charge in [0, 0.05) is 6.04 Å². The summed E-state index contributed by atoms with van der Waals surface area (Å²) in [5.74, 6) is 0.598. The van der Waals surface area contributed by atoms with Crippen molar-refractivity contribution < 1.29 is 9.53 Å². The molecule has 1 amide bonds. The maximum absolute atomic E-state index is 11.6. The van der Waals surface area contributed by atoms with Gasteiger partial charge in [-0.05, 0) is 33.2 Å². The first-order chi connectivity index (χ1) is 9.66. The molecule has 0 radical (unpaired) electrons. The highest BCUT2D eigenvalue weighted by Gasteiger charge is 2.31. The van der Waals surface area contributed by atoms with Crippen LogP contribution in [-0.4, -0.2) is 46.7 Å². The zero-order valence-electron chi connectivity index (χ0n) is 12.0. The molecule has 3 heterocycles. The van der Waals surface area contributed by atoms with Crippen molar-refractivity contribution in [3.63, 3.8) is 0 Å². The van der Waals surface area contributed by atoms with E-state index in [4.69, 9.17) is 4.74 Å². The number of nitrogens with zero attached hydrogens (tertiary/aromatic N) is 4. The topological polar surface area (TPSA) is 58.6 Å². The van der Waals surface area contributed by atoms with E-state index in [0.29, 0.717) is 31.1 Å². The molecule has 0 unspecified atom stereocenters. The van der Waals surface area contributed by atoms with Crippen LogP contribution < -0.4 is 4.90 Å². The fourth-order valence-electron chi connectivity index (χ4n) is 2.99. The molecule has 1 atom stereocenters. The minimum atomic E-state index is -0.330. The Morgan fingerprint density at radius 3 is 2.90 bits per heavy atom. The number of hydrogen-bond acceptors (Lipinski definition) is 5. The summed E-state index contributed by atoms with van der Waals surface area (Å²) in [4.78, 5) is 24.5. The van der Waals surface area contributed by atoms with Gasteiger partial charge in [-0.25, -0.2) is 9.78 Å². The number of carbonyl (C=O) groups excluding carboxylic acids is 1.